The van der Waals surface area contributed by atoms with Gasteiger partial charge in [-0.25, -0.2) is 0 Å². The molecule has 0 atom stereocenters. The van der Waals surface area contributed by atoms with E-state index in [-0.39, 0.29) is 5.41 Å². The van der Waals surface area contributed by atoms with Gasteiger partial charge in [0.2, 0.25) is 0 Å². The fraction of sp³-hybridized carbons (Fsp3) is 0.667. The van der Waals surface area contributed by atoms with E-state index in [2.05, 4.69) is 42.5 Å². The summed E-state index contributed by atoms with van der Waals surface area (Å²) in [6.45, 7) is 4.29. The fourth-order valence-corrected chi connectivity index (χ4v) is 2.00. The lowest BCUT2D eigenvalue weighted by Gasteiger charge is -2.26. The minimum atomic E-state index is 0.201. The van der Waals surface area contributed by atoms with Gasteiger partial charge in [0, 0.05) is 16.4 Å². The van der Waals surface area contributed by atoms with E-state index in [0.29, 0.717) is 5.78 Å². The van der Waals surface area contributed by atoms with E-state index in [1.165, 1.54) is 0 Å². The number of hydrogen-bond acceptors (Lipinski definition) is 1. The number of carbonyl (C=O) groups excluding carboxylic acids is 1. The van der Waals surface area contributed by atoms with Gasteiger partial charge in [-0.1, -0.05) is 42.5 Å². The van der Waals surface area contributed by atoms with Crippen molar-refractivity contribution in [1.82, 2.24) is 0 Å². The summed E-state index contributed by atoms with van der Waals surface area (Å²) in [5.41, 5.74) is 1.22. The Kier molecular flexibility index (Phi) is 2.73. The highest BCUT2D eigenvalue weighted by Gasteiger charge is 2.26. The average Bonchev–Trinajstić information content (AvgIpc) is 1.86. The number of hydrogen-bond donors (Lipinski definition) is 0. The first-order chi connectivity index (χ1) is 5.05. The monoisotopic (exact) mass is 264 g/mol. The molecule has 0 saturated heterocycles. The Hall–Kier alpha value is 0.140. The van der Waals surface area contributed by atoms with Gasteiger partial charge < -0.3 is 0 Å². The molecule has 11 heavy (non-hydrogen) atoms. The van der Waals surface area contributed by atoms with Crippen molar-refractivity contribution in [3.63, 3.8) is 0 Å². The zero-order chi connectivity index (χ0) is 8.48. The van der Waals surface area contributed by atoms with E-state index in [1.807, 2.05) is 0 Å². The molecule has 0 bridgehead atoms. The van der Waals surface area contributed by atoms with Gasteiger partial charge in [-0.05, 0) is 11.8 Å². The molecular formula is C9H13IO. The normalized spacial score (nSPS) is 23.2. The number of alkyl halides is 1. The molecule has 1 aliphatic rings. The SMILES string of the molecule is CC1(C)CC=C(CI)C(=O)C1. The predicted molar refractivity (Wildman–Crippen MR) is 55.0 cm³/mol. The van der Waals surface area contributed by atoms with Crippen LogP contribution in [0.15, 0.2) is 11.6 Å². The Bertz CT molecular complexity index is 204. The van der Waals surface area contributed by atoms with Gasteiger partial charge in [0.25, 0.3) is 0 Å². The van der Waals surface area contributed by atoms with Gasteiger partial charge in [-0.3, -0.25) is 4.79 Å². The lowest BCUT2D eigenvalue weighted by Crippen LogP contribution is -2.22. The first-order valence-corrected chi connectivity index (χ1v) is 5.36. The highest BCUT2D eigenvalue weighted by atomic mass is 127. The molecule has 62 valence electrons. The minimum absolute atomic E-state index is 0.201. The lowest BCUT2D eigenvalue weighted by molar-refractivity contribution is -0.117. The van der Waals surface area contributed by atoms with E-state index in [9.17, 15) is 4.79 Å². The van der Waals surface area contributed by atoms with Crippen LogP contribution in [0.4, 0.5) is 0 Å². The molecule has 0 aromatic heterocycles. The van der Waals surface area contributed by atoms with E-state index in [4.69, 9.17) is 0 Å². The maximum absolute atomic E-state index is 11.4. The van der Waals surface area contributed by atoms with Gasteiger partial charge in [0.05, 0.1) is 0 Å². The Morgan fingerprint density at radius 2 is 2.27 bits per heavy atom. The molecule has 1 nitrogen and oxygen atoms in total. The molecule has 0 N–H and O–H groups in total. The van der Waals surface area contributed by atoms with Crippen LogP contribution in [0.25, 0.3) is 0 Å². The number of ketones is 1. The molecule has 0 aromatic rings. The zero-order valence-corrected chi connectivity index (χ0v) is 9.14. The van der Waals surface area contributed by atoms with Gasteiger partial charge >= 0.3 is 0 Å². The van der Waals surface area contributed by atoms with Crippen LogP contribution >= 0.6 is 22.6 Å². The van der Waals surface area contributed by atoms with Crippen molar-refractivity contribution in [2.24, 2.45) is 5.41 Å². The van der Waals surface area contributed by atoms with E-state index < -0.39 is 0 Å². The van der Waals surface area contributed by atoms with Crippen LogP contribution in [0.5, 0.6) is 0 Å². The summed E-state index contributed by atoms with van der Waals surface area (Å²) >= 11 is 2.24. The zero-order valence-electron chi connectivity index (χ0n) is 6.98. The third-order valence-electron chi connectivity index (χ3n) is 2.04. The maximum Gasteiger partial charge on any atom is 0.159 e. The van der Waals surface area contributed by atoms with Gasteiger partial charge in [-0.15, -0.1) is 0 Å². The van der Waals surface area contributed by atoms with Crippen molar-refractivity contribution in [2.75, 3.05) is 4.43 Å². The van der Waals surface area contributed by atoms with Gasteiger partial charge in [-0.2, -0.15) is 0 Å². The topological polar surface area (TPSA) is 17.1 Å². The number of Topliss-reactive ketones (excluding diaryl/α,β-unsaturated/α-hetero) is 1. The van der Waals surface area contributed by atoms with Crippen molar-refractivity contribution >= 4 is 28.4 Å². The first kappa shape index (κ1) is 9.23. The Morgan fingerprint density at radius 3 is 2.73 bits per heavy atom. The largest absolute Gasteiger partial charge is 0.295 e. The Morgan fingerprint density at radius 1 is 1.64 bits per heavy atom. The molecule has 0 aromatic carbocycles. The molecule has 2 heteroatoms. The van der Waals surface area contributed by atoms with Crippen LogP contribution in [0.3, 0.4) is 0 Å². The van der Waals surface area contributed by atoms with E-state index in [1.54, 1.807) is 0 Å². The number of carbonyl (C=O) groups is 1. The smallest absolute Gasteiger partial charge is 0.159 e. The summed E-state index contributed by atoms with van der Waals surface area (Å²) in [6, 6.07) is 0. The van der Waals surface area contributed by atoms with Crippen molar-refractivity contribution in [2.45, 2.75) is 26.7 Å². The van der Waals surface area contributed by atoms with Crippen molar-refractivity contribution in [1.29, 1.82) is 0 Å². The van der Waals surface area contributed by atoms with Crippen LogP contribution in [0.2, 0.25) is 0 Å². The highest BCUT2D eigenvalue weighted by molar-refractivity contribution is 14.1. The molecule has 0 aliphatic heterocycles. The highest BCUT2D eigenvalue weighted by Crippen LogP contribution is 2.32. The van der Waals surface area contributed by atoms with Crippen LogP contribution in [-0.2, 0) is 4.79 Å². The third kappa shape index (κ3) is 2.29. The molecule has 0 fully saturated rings. The second-order valence-electron chi connectivity index (χ2n) is 3.83. The van der Waals surface area contributed by atoms with E-state index in [0.717, 1.165) is 22.8 Å². The van der Waals surface area contributed by atoms with Gasteiger partial charge in [0.15, 0.2) is 5.78 Å². The lowest BCUT2D eigenvalue weighted by atomic mass is 9.78. The molecule has 1 rings (SSSR count). The predicted octanol–water partition coefficient (Wildman–Crippen LogP) is 2.74. The van der Waals surface area contributed by atoms with E-state index >= 15 is 0 Å². The van der Waals surface area contributed by atoms with Crippen molar-refractivity contribution in [3.8, 4) is 0 Å². The molecule has 0 saturated carbocycles. The minimum Gasteiger partial charge on any atom is -0.295 e. The number of allylic oxidation sites excluding steroid dienone is 2. The molecule has 0 radical (unpaired) electrons. The standard InChI is InChI=1S/C9H13IO/c1-9(2)4-3-7(6-10)8(11)5-9/h3H,4-6H2,1-2H3. The Labute approximate surface area is 81.4 Å². The second-order valence-corrected chi connectivity index (χ2v) is 4.59. The summed E-state index contributed by atoms with van der Waals surface area (Å²) in [5.74, 6) is 0.343. The molecule has 0 heterocycles. The summed E-state index contributed by atoms with van der Waals surface area (Å²) in [5, 5.41) is 0. The summed E-state index contributed by atoms with van der Waals surface area (Å²) in [7, 11) is 0. The average molecular weight is 264 g/mol. The van der Waals surface area contributed by atoms with Crippen molar-refractivity contribution in [3.05, 3.63) is 11.6 Å². The first-order valence-electron chi connectivity index (χ1n) is 3.83. The second kappa shape index (κ2) is 3.25. The number of halogens is 1. The van der Waals surface area contributed by atoms with Crippen LogP contribution in [-0.4, -0.2) is 10.2 Å². The Balaban J connectivity index is 2.76. The molecule has 0 spiro atoms. The van der Waals surface area contributed by atoms with Crippen LogP contribution < -0.4 is 0 Å². The molecule has 0 amide bonds. The fourth-order valence-electron chi connectivity index (χ4n) is 1.26. The molecule has 1 aliphatic carbocycles. The third-order valence-corrected chi connectivity index (χ3v) is 2.86. The maximum atomic E-state index is 11.4. The number of rotatable bonds is 1. The summed E-state index contributed by atoms with van der Waals surface area (Å²) in [6.07, 6.45) is 3.87. The van der Waals surface area contributed by atoms with Gasteiger partial charge in [0.1, 0.15) is 0 Å². The summed E-state index contributed by atoms with van der Waals surface area (Å²) in [4.78, 5) is 11.4. The van der Waals surface area contributed by atoms with Crippen LogP contribution in [0, 0.1) is 5.41 Å². The molecule has 0 unspecified atom stereocenters. The molecular weight excluding hydrogens is 251 g/mol. The van der Waals surface area contributed by atoms with Crippen molar-refractivity contribution < 1.29 is 4.79 Å². The summed E-state index contributed by atoms with van der Waals surface area (Å²) < 4.78 is 0.868. The van der Waals surface area contributed by atoms with Crippen LogP contribution in [0.1, 0.15) is 26.7 Å². The quantitative estimate of drug-likeness (QED) is 0.525.